The van der Waals surface area contributed by atoms with Crippen LogP contribution in [0.5, 0.6) is 0 Å². The van der Waals surface area contributed by atoms with Crippen LogP contribution >= 0.6 is 0 Å². The lowest BCUT2D eigenvalue weighted by Crippen LogP contribution is -2.39. The highest BCUT2D eigenvalue weighted by Crippen LogP contribution is 2.18. The van der Waals surface area contributed by atoms with Gasteiger partial charge >= 0.3 is 6.03 Å². The first-order valence-corrected chi connectivity index (χ1v) is 4.16. The number of nitrogens with zero attached hydrogens (tertiary/aromatic N) is 1. The summed E-state index contributed by atoms with van der Waals surface area (Å²) in [5.41, 5.74) is 11.3. The van der Waals surface area contributed by atoms with E-state index in [0.29, 0.717) is 11.3 Å². The van der Waals surface area contributed by atoms with Crippen LogP contribution in [0.15, 0.2) is 23.2 Å². The number of hydrogen-bond acceptors (Lipinski definition) is 2. The summed E-state index contributed by atoms with van der Waals surface area (Å²) < 4.78 is 12.7. The molecule has 0 atom stereocenters. The van der Waals surface area contributed by atoms with Crippen molar-refractivity contribution in [3.05, 3.63) is 29.6 Å². The number of amides is 2. The van der Waals surface area contributed by atoms with Crippen molar-refractivity contribution in [1.82, 2.24) is 5.32 Å². The zero-order valence-electron chi connectivity index (χ0n) is 8.12. The van der Waals surface area contributed by atoms with Gasteiger partial charge < -0.3 is 11.5 Å². The first-order chi connectivity index (χ1) is 6.99. The zero-order chi connectivity index (χ0) is 11.4. The maximum atomic E-state index is 12.7. The van der Waals surface area contributed by atoms with Crippen molar-refractivity contribution in [2.45, 2.75) is 6.92 Å². The minimum atomic E-state index is -0.795. The molecule has 0 radical (unpaired) electrons. The minimum Gasteiger partial charge on any atom is -0.369 e. The number of rotatable bonds is 1. The molecule has 1 aromatic carbocycles. The third-order valence-electron chi connectivity index (χ3n) is 1.65. The smallest absolute Gasteiger partial charge is 0.318 e. The van der Waals surface area contributed by atoms with E-state index in [1.54, 1.807) is 6.92 Å². The molecule has 1 aromatic rings. The second-order valence-electron chi connectivity index (χ2n) is 2.92. The third-order valence-corrected chi connectivity index (χ3v) is 1.65. The van der Waals surface area contributed by atoms with Gasteiger partial charge in [0.25, 0.3) is 0 Å². The summed E-state index contributed by atoms with van der Waals surface area (Å²) in [6.45, 7) is 1.68. The van der Waals surface area contributed by atoms with E-state index in [9.17, 15) is 9.18 Å². The van der Waals surface area contributed by atoms with Gasteiger partial charge in [0.05, 0.1) is 5.69 Å². The largest absolute Gasteiger partial charge is 0.369 e. The number of carbonyl (C=O) groups is 1. The van der Waals surface area contributed by atoms with Crippen LogP contribution in [0, 0.1) is 12.7 Å². The molecule has 5 nitrogen and oxygen atoms in total. The number of hydrogen-bond donors (Lipinski definition) is 3. The Kier molecular flexibility index (Phi) is 3.22. The fraction of sp³-hybridized carbons (Fsp3) is 0.111. The molecule has 0 heterocycles. The Bertz CT molecular complexity index is 417. The summed E-state index contributed by atoms with van der Waals surface area (Å²) >= 11 is 0. The van der Waals surface area contributed by atoms with E-state index in [4.69, 9.17) is 11.5 Å². The van der Waals surface area contributed by atoms with Gasteiger partial charge in [0.15, 0.2) is 0 Å². The van der Waals surface area contributed by atoms with Crippen LogP contribution in [-0.2, 0) is 0 Å². The number of aryl methyl sites for hydroxylation is 1. The topological polar surface area (TPSA) is 93.5 Å². The van der Waals surface area contributed by atoms with Crippen molar-refractivity contribution >= 4 is 17.7 Å². The zero-order valence-corrected chi connectivity index (χ0v) is 8.12. The van der Waals surface area contributed by atoms with Crippen molar-refractivity contribution in [3.63, 3.8) is 0 Å². The highest BCUT2D eigenvalue weighted by Gasteiger charge is 2.00. The summed E-state index contributed by atoms with van der Waals surface area (Å²) in [4.78, 5) is 14.3. The molecule has 0 aliphatic rings. The van der Waals surface area contributed by atoms with Crippen LogP contribution in [0.3, 0.4) is 0 Å². The van der Waals surface area contributed by atoms with Crippen LogP contribution < -0.4 is 16.8 Å². The first kappa shape index (κ1) is 11.0. The molecule has 0 aromatic heterocycles. The number of nitrogens with two attached hydrogens (primary N) is 2. The average molecular weight is 210 g/mol. The molecule has 0 saturated carbocycles. The molecule has 0 fully saturated rings. The lowest BCUT2D eigenvalue weighted by atomic mass is 10.2. The summed E-state index contributed by atoms with van der Waals surface area (Å²) in [6, 6.07) is 3.23. The van der Waals surface area contributed by atoms with E-state index in [1.165, 1.54) is 18.2 Å². The molecule has 0 bridgehead atoms. The fourth-order valence-electron chi connectivity index (χ4n) is 1.03. The van der Waals surface area contributed by atoms with Gasteiger partial charge in [-0.2, -0.15) is 0 Å². The molecule has 0 saturated heterocycles. The molecule has 5 N–H and O–H groups in total. The maximum absolute atomic E-state index is 12.7. The predicted octanol–water partition coefficient (Wildman–Crippen LogP) is 0.749. The quantitative estimate of drug-likeness (QED) is 0.471. The van der Waals surface area contributed by atoms with Gasteiger partial charge in [-0.25, -0.2) is 14.2 Å². The van der Waals surface area contributed by atoms with E-state index in [0.717, 1.165) is 0 Å². The van der Waals surface area contributed by atoms with Crippen molar-refractivity contribution in [2.75, 3.05) is 0 Å². The van der Waals surface area contributed by atoms with Gasteiger partial charge in [-0.05, 0) is 30.7 Å². The second kappa shape index (κ2) is 4.41. The maximum Gasteiger partial charge on any atom is 0.318 e. The van der Waals surface area contributed by atoms with Crippen LogP contribution in [0.4, 0.5) is 14.9 Å². The van der Waals surface area contributed by atoms with E-state index < -0.39 is 6.03 Å². The van der Waals surface area contributed by atoms with Crippen LogP contribution in [0.2, 0.25) is 0 Å². The fourth-order valence-corrected chi connectivity index (χ4v) is 1.03. The molecule has 0 aliphatic carbocycles. The molecule has 6 heteroatoms. The summed E-state index contributed by atoms with van der Waals surface area (Å²) in [5, 5.41) is 2.11. The Morgan fingerprint density at radius 2 is 2.13 bits per heavy atom. The Morgan fingerprint density at radius 1 is 1.47 bits per heavy atom. The van der Waals surface area contributed by atoms with Gasteiger partial charge in [-0.15, -0.1) is 0 Å². The summed E-state index contributed by atoms with van der Waals surface area (Å²) in [6.07, 6.45) is 0. The van der Waals surface area contributed by atoms with E-state index in [2.05, 4.69) is 10.3 Å². The molecule has 0 unspecified atom stereocenters. The SMILES string of the molecule is Cc1cc(F)ccc1N=C(N)NC(N)=O. The third kappa shape index (κ3) is 3.26. The van der Waals surface area contributed by atoms with Gasteiger partial charge in [0.2, 0.25) is 5.96 Å². The number of halogens is 1. The molecule has 80 valence electrons. The average Bonchev–Trinajstić information content (AvgIpc) is 2.08. The molecule has 15 heavy (non-hydrogen) atoms. The van der Waals surface area contributed by atoms with Crippen LogP contribution in [0.1, 0.15) is 5.56 Å². The van der Waals surface area contributed by atoms with Crippen molar-refractivity contribution in [3.8, 4) is 0 Å². The number of nitrogens with one attached hydrogen (secondary N) is 1. The number of aliphatic imine (C=N–C) groups is 1. The van der Waals surface area contributed by atoms with Gasteiger partial charge in [-0.1, -0.05) is 0 Å². The summed E-state index contributed by atoms with van der Waals surface area (Å²) in [7, 11) is 0. The van der Waals surface area contributed by atoms with Crippen LogP contribution in [0.25, 0.3) is 0 Å². The van der Waals surface area contributed by atoms with Crippen molar-refractivity contribution < 1.29 is 9.18 Å². The first-order valence-electron chi connectivity index (χ1n) is 4.16. The second-order valence-corrected chi connectivity index (χ2v) is 2.92. The molecule has 0 aliphatic heterocycles. The number of benzene rings is 1. The van der Waals surface area contributed by atoms with Gasteiger partial charge in [-0.3, -0.25) is 5.32 Å². The molecular formula is C9H11FN4O. The Hall–Kier alpha value is -2.11. The van der Waals surface area contributed by atoms with Crippen molar-refractivity contribution in [1.29, 1.82) is 0 Å². The molecule has 1 rings (SSSR count). The number of urea groups is 1. The lowest BCUT2D eigenvalue weighted by molar-refractivity contribution is 0.253. The van der Waals surface area contributed by atoms with E-state index >= 15 is 0 Å². The highest BCUT2D eigenvalue weighted by molar-refractivity contribution is 5.95. The standard InChI is InChI=1S/C9H11FN4O/c1-5-4-6(10)2-3-7(5)13-8(11)14-9(12)15/h2-4H,1H3,(H5,11,12,13,14,15). The Balaban J connectivity index is 2.92. The molecular weight excluding hydrogens is 199 g/mol. The lowest BCUT2D eigenvalue weighted by Gasteiger charge is -2.03. The number of guanidine groups is 1. The van der Waals surface area contributed by atoms with E-state index in [-0.39, 0.29) is 11.8 Å². The predicted molar refractivity (Wildman–Crippen MR) is 55.1 cm³/mol. The van der Waals surface area contributed by atoms with Gasteiger partial charge in [0, 0.05) is 0 Å². The van der Waals surface area contributed by atoms with Crippen LogP contribution in [-0.4, -0.2) is 12.0 Å². The summed E-state index contributed by atoms with van der Waals surface area (Å²) in [5.74, 6) is -0.481. The normalized spacial score (nSPS) is 11.2. The van der Waals surface area contributed by atoms with E-state index in [1.807, 2.05) is 0 Å². The van der Waals surface area contributed by atoms with Crippen molar-refractivity contribution in [2.24, 2.45) is 16.5 Å². The highest BCUT2D eigenvalue weighted by atomic mass is 19.1. The Morgan fingerprint density at radius 3 is 2.67 bits per heavy atom. The number of primary amides is 1. The molecule has 0 spiro atoms. The molecule has 2 amide bonds. The number of carbonyl (C=O) groups excluding carboxylic acids is 1. The Labute approximate surface area is 86.0 Å². The minimum absolute atomic E-state index is 0.128. The monoisotopic (exact) mass is 210 g/mol. The van der Waals surface area contributed by atoms with Gasteiger partial charge in [0.1, 0.15) is 5.82 Å².